The Kier molecular flexibility index (Phi) is 5.89. The summed E-state index contributed by atoms with van der Waals surface area (Å²) in [5.74, 6) is 2.06. The summed E-state index contributed by atoms with van der Waals surface area (Å²) < 4.78 is 5.44. The number of carbonyl (C=O) groups excluding carboxylic acids is 1. The maximum absolute atomic E-state index is 12.3. The summed E-state index contributed by atoms with van der Waals surface area (Å²) in [6.07, 6.45) is 10.9. The van der Waals surface area contributed by atoms with Gasteiger partial charge in [-0.3, -0.25) is 4.79 Å². The number of ketones is 1. The molecule has 2 rings (SSSR count). The third kappa shape index (κ3) is 3.49. The minimum atomic E-state index is -0.0560. The number of carbonyl (C=O) groups is 1. The first-order valence-corrected chi connectivity index (χ1v) is 9.37. The third-order valence-corrected chi connectivity index (χ3v) is 6.99. The van der Waals surface area contributed by atoms with Crippen LogP contribution >= 0.6 is 9.47 Å². The second-order valence-electron chi connectivity index (χ2n) is 8.12. The molecule has 2 aliphatic carbocycles. The van der Waals surface area contributed by atoms with Gasteiger partial charge in [0.25, 0.3) is 0 Å². The van der Waals surface area contributed by atoms with Gasteiger partial charge in [0.2, 0.25) is 0 Å². The SMILES string of the molecule is C=C[C@]12CCCC(=O)C1CC[C@@H]2[C@H](C)CCCC(C)(C)OP. The quantitative estimate of drug-likeness (QED) is 0.467. The molecule has 0 saturated heterocycles. The van der Waals surface area contributed by atoms with Gasteiger partial charge in [0.15, 0.2) is 0 Å². The average molecular weight is 324 g/mol. The average Bonchev–Trinajstić information content (AvgIpc) is 2.88. The van der Waals surface area contributed by atoms with Crippen LogP contribution in [0, 0.1) is 23.2 Å². The van der Waals surface area contributed by atoms with Crippen molar-refractivity contribution in [2.75, 3.05) is 0 Å². The van der Waals surface area contributed by atoms with Gasteiger partial charge in [-0.15, -0.1) is 6.58 Å². The molecule has 0 heterocycles. The van der Waals surface area contributed by atoms with Crippen molar-refractivity contribution in [3.8, 4) is 0 Å². The zero-order valence-corrected chi connectivity index (χ0v) is 15.7. The molecule has 0 bridgehead atoms. The fourth-order valence-corrected chi connectivity index (χ4v) is 5.14. The van der Waals surface area contributed by atoms with Crippen molar-refractivity contribution >= 4 is 15.2 Å². The fourth-order valence-electron chi connectivity index (χ4n) is 5.03. The van der Waals surface area contributed by atoms with E-state index in [0.29, 0.717) is 17.6 Å². The van der Waals surface area contributed by atoms with Crippen LogP contribution < -0.4 is 0 Å². The van der Waals surface area contributed by atoms with Crippen LogP contribution in [0.5, 0.6) is 0 Å². The Morgan fingerprint density at radius 2 is 2.23 bits per heavy atom. The summed E-state index contributed by atoms with van der Waals surface area (Å²) in [7, 11) is 2.39. The van der Waals surface area contributed by atoms with Crippen LogP contribution in [0.1, 0.15) is 72.1 Å². The van der Waals surface area contributed by atoms with Gasteiger partial charge in [-0.05, 0) is 57.8 Å². The molecule has 3 heteroatoms. The van der Waals surface area contributed by atoms with E-state index < -0.39 is 0 Å². The molecule has 0 aromatic carbocycles. The van der Waals surface area contributed by atoms with Crippen LogP contribution in [-0.4, -0.2) is 11.4 Å². The predicted molar refractivity (Wildman–Crippen MR) is 95.6 cm³/mol. The Balaban J connectivity index is 1.99. The Morgan fingerprint density at radius 3 is 2.86 bits per heavy atom. The maximum Gasteiger partial charge on any atom is 0.136 e. The first kappa shape index (κ1) is 18.1. The van der Waals surface area contributed by atoms with Crippen molar-refractivity contribution in [1.82, 2.24) is 0 Å². The van der Waals surface area contributed by atoms with Gasteiger partial charge in [0, 0.05) is 27.2 Å². The summed E-state index contributed by atoms with van der Waals surface area (Å²) in [6, 6.07) is 0. The molecule has 2 unspecified atom stereocenters. The summed E-state index contributed by atoms with van der Waals surface area (Å²) in [5.41, 5.74) is 0.0426. The lowest BCUT2D eigenvalue weighted by atomic mass is 9.60. The van der Waals surface area contributed by atoms with Gasteiger partial charge in [0.1, 0.15) is 5.78 Å². The molecule has 126 valence electrons. The Morgan fingerprint density at radius 1 is 1.50 bits per heavy atom. The Hall–Kier alpha value is -0.200. The molecule has 2 aliphatic rings. The number of allylic oxidation sites excluding steroid dienone is 1. The van der Waals surface area contributed by atoms with E-state index in [1.54, 1.807) is 0 Å². The van der Waals surface area contributed by atoms with E-state index >= 15 is 0 Å². The van der Waals surface area contributed by atoms with Crippen LogP contribution in [0.3, 0.4) is 0 Å². The van der Waals surface area contributed by atoms with Gasteiger partial charge in [0.05, 0.1) is 5.60 Å². The molecular weight excluding hydrogens is 291 g/mol. The molecule has 22 heavy (non-hydrogen) atoms. The smallest absolute Gasteiger partial charge is 0.136 e. The van der Waals surface area contributed by atoms with Crippen molar-refractivity contribution in [2.24, 2.45) is 23.2 Å². The number of fused-ring (bicyclic) bond motifs is 1. The normalized spacial score (nSPS) is 33.5. The molecule has 0 aromatic heterocycles. The van der Waals surface area contributed by atoms with Gasteiger partial charge in [-0.2, -0.15) is 0 Å². The highest BCUT2D eigenvalue weighted by Crippen LogP contribution is 2.58. The van der Waals surface area contributed by atoms with E-state index in [9.17, 15) is 4.79 Å². The summed E-state index contributed by atoms with van der Waals surface area (Å²) in [6.45, 7) is 10.8. The van der Waals surface area contributed by atoms with Crippen LogP contribution in [0.2, 0.25) is 0 Å². The minimum absolute atomic E-state index is 0.0560. The first-order chi connectivity index (χ1) is 10.4. The number of Topliss-reactive ketones (excluding diaryl/α,β-unsaturated/α-hetero) is 1. The van der Waals surface area contributed by atoms with Gasteiger partial charge < -0.3 is 4.52 Å². The molecule has 2 saturated carbocycles. The van der Waals surface area contributed by atoms with E-state index in [0.717, 1.165) is 25.7 Å². The molecule has 0 amide bonds. The van der Waals surface area contributed by atoms with E-state index in [-0.39, 0.29) is 16.9 Å². The Labute approximate surface area is 138 Å². The molecule has 2 nitrogen and oxygen atoms in total. The Bertz CT molecular complexity index is 418. The first-order valence-electron chi connectivity index (χ1n) is 8.90. The van der Waals surface area contributed by atoms with Gasteiger partial charge >= 0.3 is 0 Å². The van der Waals surface area contributed by atoms with Crippen molar-refractivity contribution in [3.63, 3.8) is 0 Å². The van der Waals surface area contributed by atoms with Crippen molar-refractivity contribution < 1.29 is 9.32 Å². The highest BCUT2D eigenvalue weighted by molar-refractivity contribution is 7.09. The maximum atomic E-state index is 12.3. The van der Waals surface area contributed by atoms with Gasteiger partial charge in [-0.1, -0.05) is 25.8 Å². The van der Waals surface area contributed by atoms with Crippen molar-refractivity contribution in [1.29, 1.82) is 0 Å². The molecule has 0 radical (unpaired) electrons. The summed E-state index contributed by atoms with van der Waals surface area (Å²) >= 11 is 0. The molecular formula is C19H33O2P. The van der Waals surface area contributed by atoms with Gasteiger partial charge in [-0.25, -0.2) is 0 Å². The highest BCUT2D eigenvalue weighted by atomic mass is 31.0. The molecule has 2 fully saturated rings. The molecule has 0 aromatic rings. The lowest BCUT2D eigenvalue weighted by Crippen LogP contribution is -2.40. The molecule has 0 N–H and O–H groups in total. The van der Waals surface area contributed by atoms with E-state index in [4.69, 9.17) is 4.52 Å². The number of hydrogen-bond acceptors (Lipinski definition) is 2. The zero-order valence-electron chi connectivity index (χ0n) is 14.6. The van der Waals surface area contributed by atoms with E-state index in [1.165, 1.54) is 25.7 Å². The number of rotatable bonds is 7. The van der Waals surface area contributed by atoms with Crippen LogP contribution in [-0.2, 0) is 9.32 Å². The van der Waals surface area contributed by atoms with E-state index in [1.807, 2.05) is 0 Å². The molecule has 5 atom stereocenters. The molecule has 0 spiro atoms. The van der Waals surface area contributed by atoms with E-state index in [2.05, 4.69) is 42.9 Å². The molecule has 0 aliphatic heterocycles. The van der Waals surface area contributed by atoms with Crippen LogP contribution in [0.15, 0.2) is 12.7 Å². The number of hydrogen-bond donors (Lipinski definition) is 0. The highest BCUT2D eigenvalue weighted by Gasteiger charge is 2.53. The zero-order chi connectivity index (χ0) is 16.4. The summed E-state index contributed by atoms with van der Waals surface area (Å²) in [5, 5.41) is 0. The predicted octanol–water partition coefficient (Wildman–Crippen LogP) is 5.33. The van der Waals surface area contributed by atoms with Crippen molar-refractivity contribution in [2.45, 2.75) is 77.7 Å². The monoisotopic (exact) mass is 324 g/mol. The standard InChI is InChI=1S/C19H33O2P/c1-5-19-13-7-9-17(20)16(19)11-10-15(19)14(2)8-6-12-18(3,4)21-22/h5,14-16H,1,6-13,22H2,2-4H3/t14-,15-,16?,19-/m1/s1. The minimum Gasteiger partial charge on any atom is -0.360 e. The lowest BCUT2D eigenvalue weighted by Gasteiger charge is -2.43. The van der Waals surface area contributed by atoms with Crippen molar-refractivity contribution in [3.05, 3.63) is 12.7 Å². The largest absolute Gasteiger partial charge is 0.360 e. The topological polar surface area (TPSA) is 26.3 Å². The second-order valence-corrected chi connectivity index (χ2v) is 8.36. The van der Waals surface area contributed by atoms with Crippen LogP contribution in [0.4, 0.5) is 0 Å². The van der Waals surface area contributed by atoms with Crippen LogP contribution in [0.25, 0.3) is 0 Å². The summed E-state index contributed by atoms with van der Waals surface area (Å²) in [4.78, 5) is 12.3. The lowest BCUT2D eigenvalue weighted by molar-refractivity contribution is -0.128. The second kappa shape index (κ2) is 7.14. The third-order valence-electron chi connectivity index (χ3n) is 6.35. The fraction of sp³-hybridized carbons (Fsp3) is 0.842.